The number of H-pyrrole nitrogens is 1. The summed E-state index contributed by atoms with van der Waals surface area (Å²) in [5.74, 6) is -0.140. The summed E-state index contributed by atoms with van der Waals surface area (Å²) in [6.45, 7) is 1.36. The lowest BCUT2D eigenvalue weighted by molar-refractivity contribution is -0.117. The lowest BCUT2D eigenvalue weighted by Gasteiger charge is -2.06. The number of Topliss-reactive ketones (excluding diaryl/α,β-unsaturated/α-hetero) is 1. The molecule has 5 nitrogen and oxygen atoms in total. The molecule has 0 bridgehead atoms. The molecule has 0 saturated carbocycles. The predicted octanol–water partition coefficient (Wildman–Crippen LogP) is 0.279. The summed E-state index contributed by atoms with van der Waals surface area (Å²) in [6.07, 6.45) is 0. The summed E-state index contributed by atoms with van der Waals surface area (Å²) in [4.78, 5) is 36.3. The summed E-state index contributed by atoms with van der Waals surface area (Å²) in [7, 11) is 0. The minimum absolute atomic E-state index is 0.0316. The summed E-state index contributed by atoms with van der Waals surface area (Å²) >= 11 is 0. The second-order valence-corrected chi connectivity index (χ2v) is 3.56. The number of aromatic nitrogens is 2. The average Bonchev–Trinajstić information content (AvgIpc) is 2.24. The van der Waals surface area contributed by atoms with E-state index in [0.29, 0.717) is 10.9 Å². The van der Waals surface area contributed by atoms with Gasteiger partial charge in [-0.2, -0.15) is 0 Å². The Morgan fingerprint density at radius 2 is 2.00 bits per heavy atom. The van der Waals surface area contributed by atoms with Gasteiger partial charge in [-0.05, 0) is 19.1 Å². The van der Waals surface area contributed by atoms with E-state index in [9.17, 15) is 14.4 Å². The number of fused-ring (bicyclic) bond motifs is 1. The number of hydrogen-bond acceptors (Lipinski definition) is 3. The molecule has 0 aliphatic rings. The van der Waals surface area contributed by atoms with Crippen molar-refractivity contribution < 1.29 is 4.79 Å². The van der Waals surface area contributed by atoms with Crippen LogP contribution in [0.3, 0.4) is 0 Å². The Balaban J connectivity index is 2.87. The zero-order chi connectivity index (χ0) is 11.7. The van der Waals surface area contributed by atoms with Crippen molar-refractivity contribution in [2.75, 3.05) is 0 Å². The van der Waals surface area contributed by atoms with Crippen LogP contribution < -0.4 is 11.2 Å². The topological polar surface area (TPSA) is 71.9 Å². The molecule has 0 fully saturated rings. The van der Waals surface area contributed by atoms with Crippen LogP contribution in [0.1, 0.15) is 6.92 Å². The van der Waals surface area contributed by atoms with Gasteiger partial charge < -0.3 is 0 Å². The molecule has 2 aromatic rings. The number of rotatable bonds is 2. The van der Waals surface area contributed by atoms with Crippen molar-refractivity contribution in [3.63, 3.8) is 0 Å². The highest BCUT2D eigenvalue weighted by atomic mass is 16.2. The Morgan fingerprint density at radius 1 is 1.31 bits per heavy atom. The summed E-state index contributed by atoms with van der Waals surface area (Å²) in [5, 5.41) is 0.406. The highest BCUT2D eigenvalue weighted by Gasteiger charge is 2.07. The zero-order valence-electron chi connectivity index (χ0n) is 8.69. The number of carbonyl (C=O) groups excluding carboxylic acids is 1. The molecule has 1 N–H and O–H groups in total. The van der Waals surface area contributed by atoms with Crippen molar-refractivity contribution in [3.8, 4) is 0 Å². The molecule has 0 saturated heterocycles. The second-order valence-electron chi connectivity index (χ2n) is 3.56. The lowest BCUT2D eigenvalue weighted by Crippen LogP contribution is -2.31. The maximum atomic E-state index is 11.5. The SMILES string of the molecule is CC(=O)Cn1c(=O)[nH]c(=O)c2ccccc21. The van der Waals surface area contributed by atoms with Crippen molar-refractivity contribution in [3.05, 3.63) is 45.1 Å². The molecule has 0 amide bonds. The maximum Gasteiger partial charge on any atom is 0.329 e. The summed E-state index contributed by atoms with van der Waals surface area (Å²) in [5.41, 5.74) is -0.509. The first-order valence-corrected chi connectivity index (χ1v) is 4.81. The van der Waals surface area contributed by atoms with Gasteiger partial charge in [-0.15, -0.1) is 0 Å². The van der Waals surface area contributed by atoms with Crippen molar-refractivity contribution >= 4 is 16.7 Å². The maximum absolute atomic E-state index is 11.5. The number of para-hydroxylation sites is 1. The van der Waals surface area contributed by atoms with E-state index < -0.39 is 11.2 Å². The van der Waals surface area contributed by atoms with E-state index in [1.807, 2.05) is 0 Å². The number of carbonyl (C=O) groups is 1. The molecular weight excluding hydrogens is 208 g/mol. The fraction of sp³-hybridized carbons (Fsp3) is 0.182. The number of hydrogen-bond donors (Lipinski definition) is 1. The monoisotopic (exact) mass is 218 g/mol. The predicted molar refractivity (Wildman–Crippen MR) is 59.5 cm³/mol. The Bertz CT molecular complexity index is 667. The van der Waals surface area contributed by atoms with E-state index in [-0.39, 0.29) is 12.3 Å². The molecule has 1 heterocycles. The zero-order valence-corrected chi connectivity index (χ0v) is 8.69. The van der Waals surface area contributed by atoms with Gasteiger partial charge in [-0.1, -0.05) is 12.1 Å². The van der Waals surface area contributed by atoms with Crippen LogP contribution in [-0.2, 0) is 11.3 Å². The number of ketones is 1. The third-order valence-electron chi connectivity index (χ3n) is 2.29. The first-order chi connectivity index (χ1) is 7.59. The van der Waals surface area contributed by atoms with Gasteiger partial charge in [0, 0.05) is 0 Å². The van der Waals surface area contributed by atoms with E-state index in [4.69, 9.17) is 0 Å². The number of aromatic amines is 1. The van der Waals surface area contributed by atoms with E-state index >= 15 is 0 Å². The first kappa shape index (κ1) is 10.4. The highest BCUT2D eigenvalue weighted by Crippen LogP contribution is 2.06. The van der Waals surface area contributed by atoms with Gasteiger partial charge in [0.25, 0.3) is 5.56 Å². The molecule has 0 atom stereocenters. The molecule has 1 aromatic carbocycles. The average molecular weight is 218 g/mol. The lowest BCUT2D eigenvalue weighted by atomic mass is 10.2. The molecule has 0 spiro atoms. The van der Waals surface area contributed by atoms with Crippen LogP contribution in [0, 0.1) is 0 Å². The second kappa shape index (κ2) is 3.77. The van der Waals surface area contributed by atoms with Crippen LogP contribution in [-0.4, -0.2) is 15.3 Å². The standard InChI is InChI=1S/C11H10N2O3/c1-7(14)6-13-9-5-3-2-4-8(9)10(15)12-11(13)16/h2-5H,6H2,1H3,(H,12,15,16). The summed E-state index contributed by atoms with van der Waals surface area (Å²) < 4.78 is 1.26. The molecule has 0 radical (unpaired) electrons. The third kappa shape index (κ3) is 1.67. The fourth-order valence-corrected chi connectivity index (χ4v) is 1.62. The third-order valence-corrected chi connectivity index (χ3v) is 2.29. The quantitative estimate of drug-likeness (QED) is 0.786. The Labute approximate surface area is 90.3 Å². The van der Waals surface area contributed by atoms with Crippen molar-refractivity contribution in [1.29, 1.82) is 0 Å². The minimum atomic E-state index is -0.557. The van der Waals surface area contributed by atoms with E-state index in [2.05, 4.69) is 4.98 Å². The van der Waals surface area contributed by atoms with Crippen LogP contribution in [0.15, 0.2) is 33.9 Å². The fourth-order valence-electron chi connectivity index (χ4n) is 1.62. The molecule has 0 unspecified atom stereocenters. The normalized spacial score (nSPS) is 10.6. The van der Waals surface area contributed by atoms with Gasteiger partial charge in [-0.25, -0.2) is 4.79 Å². The highest BCUT2D eigenvalue weighted by molar-refractivity contribution is 5.81. The Morgan fingerprint density at radius 3 is 2.69 bits per heavy atom. The van der Waals surface area contributed by atoms with E-state index in [1.54, 1.807) is 24.3 Å². The van der Waals surface area contributed by atoms with Gasteiger partial charge >= 0.3 is 5.69 Å². The number of nitrogens with one attached hydrogen (secondary N) is 1. The van der Waals surface area contributed by atoms with Gasteiger partial charge in [0.05, 0.1) is 17.4 Å². The van der Waals surface area contributed by atoms with Crippen molar-refractivity contribution in [2.45, 2.75) is 13.5 Å². The van der Waals surface area contributed by atoms with Gasteiger partial charge in [-0.3, -0.25) is 19.1 Å². The van der Waals surface area contributed by atoms with Gasteiger partial charge in [0.15, 0.2) is 0 Å². The van der Waals surface area contributed by atoms with Crippen LogP contribution in [0.2, 0.25) is 0 Å². The first-order valence-electron chi connectivity index (χ1n) is 4.81. The Kier molecular flexibility index (Phi) is 2.44. The van der Waals surface area contributed by atoms with Gasteiger partial charge in [0.1, 0.15) is 5.78 Å². The molecule has 1 aromatic heterocycles. The largest absolute Gasteiger partial charge is 0.329 e. The van der Waals surface area contributed by atoms with E-state index in [1.165, 1.54) is 11.5 Å². The molecule has 82 valence electrons. The smallest absolute Gasteiger partial charge is 0.298 e. The molecule has 16 heavy (non-hydrogen) atoms. The van der Waals surface area contributed by atoms with Gasteiger partial charge in [0.2, 0.25) is 0 Å². The van der Waals surface area contributed by atoms with E-state index in [0.717, 1.165) is 0 Å². The van der Waals surface area contributed by atoms with Crippen molar-refractivity contribution in [1.82, 2.24) is 9.55 Å². The number of nitrogens with zero attached hydrogens (tertiary/aromatic N) is 1. The van der Waals surface area contributed by atoms with Crippen LogP contribution >= 0.6 is 0 Å². The van der Waals surface area contributed by atoms with Crippen LogP contribution in [0.5, 0.6) is 0 Å². The molecule has 5 heteroatoms. The number of benzene rings is 1. The minimum Gasteiger partial charge on any atom is -0.298 e. The Hall–Kier alpha value is -2.17. The van der Waals surface area contributed by atoms with Crippen LogP contribution in [0.25, 0.3) is 10.9 Å². The molecule has 0 aliphatic heterocycles. The molecular formula is C11H10N2O3. The van der Waals surface area contributed by atoms with Crippen LogP contribution in [0.4, 0.5) is 0 Å². The van der Waals surface area contributed by atoms with Crippen molar-refractivity contribution in [2.24, 2.45) is 0 Å². The summed E-state index contributed by atoms with van der Waals surface area (Å²) in [6, 6.07) is 6.69. The molecule has 0 aliphatic carbocycles. The molecule has 2 rings (SSSR count).